The molecule has 130 valence electrons. The predicted octanol–water partition coefficient (Wildman–Crippen LogP) is 3.39. The Labute approximate surface area is 147 Å². The number of nitrogens with one attached hydrogen (secondary N) is 1. The molecule has 1 heterocycles. The SMILES string of the molecule is Cc1ccccc1C(=O)OCCN1C(=O)C(C)(C)Nc2ccccc21. The fraction of sp³-hybridized carbons (Fsp3) is 0.300. The summed E-state index contributed by atoms with van der Waals surface area (Å²) in [6.45, 7) is 6.02. The number of benzene rings is 2. The van der Waals surface area contributed by atoms with E-state index in [-0.39, 0.29) is 18.5 Å². The number of para-hydroxylation sites is 2. The van der Waals surface area contributed by atoms with Crippen LogP contribution in [0, 0.1) is 6.92 Å². The van der Waals surface area contributed by atoms with E-state index in [1.807, 2.05) is 63.2 Å². The van der Waals surface area contributed by atoms with Gasteiger partial charge in [0.1, 0.15) is 12.1 Å². The molecule has 0 spiro atoms. The Morgan fingerprint density at radius 3 is 2.56 bits per heavy atom. The van der Waals surface area contributed by atoms with Gasteiger partial charge in [0.05, 0.1) is 23.5 Å². The quantitative estimate of drug-likeness (QED) is 0.868. The molecule has 0 aliphatic carbocycles. The van der Waals surface area contributed by atoms with Gasteiger partial charge in [-0.05, 0) is 44.5 Å². The first kappa shape index (κ1) is 17.0. The van der Waals surface area contributed by atoms with Gasteiger partial charge in [0.2, 0.25) is 0 Å². The van der Waals surface area contributed by atoms with Crippen molar-refractivity contribution in [3.63, 3.8) is 0 Å². The molecule has 0 fully saturated rings. The van der Waals surface area contributed by atoms with Crippen molar-refractivity contribution in [2.75, 3.05) is 23.4 Å². The van der Waals surface area contributed by atoms with Crippen molar-refractivity contribution in [1.82, 2.24) is 0 Å². The lowest BCUT2D eigenvalue weighted by molar-refractivity contribution is -0.122. The lowest BCUT2D eigenvalue weighted by Gasteiger charge is -2.39. The summed E-state index contributed by atoms with van der Waals surface area (Å²) >= 11 is 0. The molecule has 1 N–H and O–H groups in total. The number of ether oxygens (including phenoxy) is 1. The molecule has 2 aromatic rings. The summed E-state index contributed by atoms with van der Waals surface area (Å²) in [5.74, 6) is -0.411. The summed E-state index contributed by atoms with van der Waals surface area (Å²) in [6.07, 6.45) is 0. The Bertz CT molecular complexity index is 814. The third-order valence-electron chi connectivity index (χ3n) is 4.33. The third-order valence-corrected chi connectivity index (χ3v) is 4.33. The topological polar surface area (TPSA) is 58.6 Å². The highest BCUT2D eigenvalue weighted by molar-refractivity contribution is 6.07. The van der Waals surface area contributed by atoms with Gasteiger partial charge in [0.25, 0.3) is 5.91 Å². The maximum Gasteiger partial charge on any atom is 0.338 e. The van der Waals surface area contributed by atoms with E-state index in [2.05, 4.69) is 5.32 Å². The monoisotopic (exact) mass is 338 g/mol. The van der Waals surface area contributed by atoms with E-state index in [0.717, 1.165) is 16.9 Å². The second-order valence-corrected chi connectivity index (χ2v) is 6.67. The van der Waals surface area contributed by atoms with Crippen LogP contribution in [0.2, 0.25) is 0 Å². The largest absolute Gasteiger partial charge is 0.460 e. The number of carbonyl (C=O) groups excluding carboxylic acids is 2. The number of fused-ring (bicyclic) bond motifs is 1. The first-order valence-electron chi connectivity index (χ1n) is 8.32. The van der Waals surface area contributed by atoms with E-state index < -0.39 is 5.54 Å². The maximum absolute atomic E-state index is 12.7. The van der Waals surface area contributed by atoms with Gasteiger partial charge in [-0.1, -0.05) is 30.3 Å². The zero-order valence-corrected chi connectivity index (χ0v) is 14.7. The highest BCUT2D eigenvalue weighted by Crippen LogP contribution is 2.34. The number of aryl methyl sites for hydroxylation is 1. The standard InChI is InChI=1S/C20H22N2O3/c1-14-8-4-5-9-15(14)18(23)25-13-12-22-17-11-7-6-10-16(17)21-20(2,3)19(22)24/h4-11,21H,12-13H2,1-3H3. The zero-order valence-electron chi connectivity index (χ0n) is 14.7. The second-order valence-electron chi connectivity index (χ2n) is 6.67. The van der Waals surface area contributed by atoms with E-state index in [9.17, 15) is 9.59 Å². The summed E-state index contributed by atoms with van der Waals surface area (Å²) in [6, 6.07) is 14.9. The molecule has 0 atom stereocenters. The van der Waals surface area contributed by atoms with Gasteiger partial charge in [-0.15, -0.1) is 0 Å². The average Bonchev–Trinajstić information content (AvgIpc) is 2.58. The van der Waals surface area contributed by atoms with Crippen molar-refractivity contribution in [3.8, 4) is 0 Å². The van der Waals surface area contributed by atoms with Crippen LogP contribution in [-0.2, 0) is 9.53 Å². The van der Waals surface area contributed by atoms with E-state index in [0.29, 0.717) is 12.1 Å². The van der Waals surface area contributed by atoms with Gasteiger partial charge in [-0.2, -0.15) is 0 Å². The molecular formula is C20H22N2O3. The number of carbonyl (C=O) groups is 2. The van der Waals surface area contributed by atoms with E-state index in [1.54, 1.807) is 11.0 Å². The maximum atomic E-state index is 12.7. The number of nitrogens with zero attached hydrogens (tertiary/aromatic N) is 1. The molecule has 0 bridgehead atoms. The molecule has 1 aliphatic rings. The first-order valence-corrected chi connectivity index (χ1v) is 8.32. The van der Waals surface area contributed by atoms with Gasteiger partial charge in [-0.25, -0.2) is 4.79 Å². The predicted molar refractivity (Wildman–Crippen MR) is 98.0 cm³/mol. The number of anilines is 2. The van der Waals surface area contributed by atoms with Gasteiger partial charge in [0.15, 0.2) is 0 Å². The van der Waals surface area contributed by atoms with Crippen molar-refractivity contribution in [2.45, 2.75) is 26.3 Å². The van der Waals surface area contributed by atoms with Crippen LogP contribution in [0.25, 0.3) is 0 Å². The fourth-order valence-corrected chi connectivity index (χ4v) is 2.98. The highest BCUT2D eigenvalue weighted by Gasteiger charge is 2.38. The third kappa shape index (κ3) is 3.36. The molecule has 5 heteroatoms. The van der Waals surface area contributed by atoms with Crippen LogP contribution in [-0.4, -0.2) is 30.6 Å². The van der Waals surface area contributed by atoms with Crippen molar-refractivity contribution in [2.24, 2.45) is 0 Å². The summed E-state index contributed by atoms with van der Waals surface area (Å²) in [5, 5.41) is 3.25. The lowest BCUT2D eigenvalue weighted by atomic mass is 9.98. The Balaban J connectivity index is 1.71. The minimum Gasteiger partial charge on any atom is -0.460 e. The minimum absolute atomic E-state index is 0.0434. The zero-order chi connectivity index (χ0) is 18.0. The number of rotatable bonds is 4. The Hall–Kier alpha value is -2.82. The Kier molecular flexibility index (Phi) is 4.49. The van der Waals surface area contributed by atoms with E-state index in [1.165, 1.54) is 0 Å². The van der Waals surface area contributed by atoms with Gasteiger partial charge in [-0.3, -0.25) is 4.79 Å². The van der Waals surface area contributed by atoms with E-state index in [4.69, 9.17) is 4.74 Å². The smallest absolute Gasteiger partial charge is 0.338 e. The number of amides is 1. The number of hydrogen-bond acceptors (Lipinski definition) is 4. The highest BCUT2D eigenvalue weighted by atomic mass is 16.5. The van der Waals surface area contributed by atoms with Crippen molar-refractivity contribution in [3.05, 3.63) is 59.7 Å². The molecule has 0 radical (unpaired) electrons. The molecule has 0 unspecified atom stereocenters. The summed E-state index contributed by atoms with van der Waals surface area (Å²) in [5.41, 5.74) is 2.43. The van der Waals surface area contributed by atoms with Crippen LogP contribution in [0.15, 0.2) is 48.5 Å². The second kappa shape index (κ2) is 6.59. The molecule has 0 saturated heterocycles. The average molecular weight is 338 g/mol. The molecule has 3 rings (SSSR count). The van der Waals surface area contributed by atoms with E-state index >= 15 is 0 Å². The molecule has 5 nitrogen and oxygen atoms in total. The molecule has 0 aromatic heterocycles. The van der Waals surface area contributed by atoms with Crippen LogP contribution in [0.4, 0.5) is 11.4 Å². The number of hydrogen-bond donors (Lipinski definition) is 1. The van der Waals surface area contributed by atoms with Crippen molar-refractivity contribution >= 4 is 23.3 Å². The Morgan fingerprint density at radius 1 is 1.12 bits per heavy atom. The number of esters is 1. The lowest BCUT2D eigenvalue weighted by Crippen LogP contribution is -2.54. The van der Waals surface area contributed by atoms with Crippen LogP contribution < -0.4 is 10.2 Å². The summed E-state index contributed by atoms with van der Waals surface area (Å²) in [7, 11) is 0. The van der Waals surface area contributed by atoms with Crippen LogP contribution in [0.5, 0.6) is 0 Å². The van der Waals surface area contributed by atoms with Crippen LogP contribution in [0.1, 0.15) is 29.8 Å². The molecular weight excluding hydrogens is 316 g/mol. The van der Waals surface area contributed by atoms with Crippen LogP contribution in [0.3, 0.4) is 0 Å². The minimum atomic E-state index is -0.700. The van der Waals surface area contributed by atoms with Crippen molar-refractivity contribution in [1.29, 1.82) is 0 Å². The van der Waals surface area contributed by atoms with Gasteiger partial charge < -0.3 is 15.0 Å². The fourth-order valence-electron chi connectivity index (χ4n) is 2.98. The Morgan fingerprint density at radius 2 is 1.80 bits per heavy atom. The molecule has 2 aromatic carbocycles. The van der Waals surface area contributed by atoms with Crippen molar-refractivity contribution < 1.29 is 14.3 Å². The molecule has 1 aliphatic heterocycles. The van der Waals surface area contributed by atoms with Crippen LogP contribution >= 0.6 is 0 Å². The van der Waals surface area contributed by atoms with Gasteiger partial charge >= 0.3 is 5.97 Å². The summed E-state index contributed by atoms with van der Waals surface area (Å²) in [4.78, 5) is 26.6. The molecule has 1 amide bonds. The normalized spacial score (nSPS) is 15.3. The summed E-state index contributed by atoms with van der Waals surface area (Å²) < 4.78 is 5.39. The first-order chi connectivity index (χ1) is 11.9. The molecule has 0 saturated carbocycles. The van der Waals surface area contributed by atoms with Gasteiger partial charge in [0, 0.05) is 0 Å². The molecule has 25 heavy (non-hydrogen) atoms.